The van der Waals surface area contributed by atoms with Gasteiger partial charge in [-0.2, -0.15) is 0 Å². The van der Waals surface area contributed by atoms with Crippen LogP contribution in [0, 0.1) is 5.92 Å². The highest BCUT2D eigenvalue weighted by molar-refractivity contribution is 6.02. The van der Waals surface area contributed by atoms with Crippen LogP contribution in [0.5, 0.6) is 17.2 Å². The third-order valence-electron chi connectivity index (χ3n) is 6.42. The molecule has 0 aromatic heterocycles. The van der Waals surface area contributed by atoms with Gasteiger partial charge >= 0.3 is 0 Å². The predicted molar refractivity (Wildman–Crippen MR) is 121 cm³/mol. The lowest BCUT2D eigenvalue weighted by molar-refractivity contribution is -0.277. The molecule has 10 atom stereocenters. The van der Waals surface area contributed by atoms with Crippen molar-refractivity contribution in [3.63, 3.8) is 0 Å². The van der Waals surface area contributed by atoms with Gasteiger partial charge in [0.15, 0.2) is 5.78 Å². The molecule has 0 bridgehead atoms. The Balaban J connectivity index is 2.09. The van der Waals surface area contributed by atoms with Gasteiger partial charge in [-0.3, -0.25) is 4.79 Å². The van der Waals surface area contributed by atoms with Crippen LogP contribution < -0.4 is 4.74 Å². The summed E-state index contributed by atoms with van der Waals surface area (Å²) in [5.74, 6) is -3.11. The van der Waals surface area contributed by atoms with E-state index < -0.39 is 109 Å². The molecule has 2 heterocycles. The number of ketones is 1. The van der Waals surface area contributed by atoms with E-state index in [1.165, 1.54) is 0 Å². The first-order valence-electron chi connectivity index (χ1n) is 11.7. The second-order valence-corrected chi connectivity index (χ2v) is 9.62. The standard InChI is InChI=1S/C23H34O14/c1-7(2)3-8(26)13-10(36-23-21(34)19(32)16(29)12(6-25)37-23)4-9(27)14(17(13)30)22-20(33)18(31)15(28)11(5-24)35-22/h4,7,11-12,15-16,18-25,27-34H,3,5-6H2,1-2H3/t11-,12-,15-,16-,18+,19+,20-,21-,22+,23-/m1/s1. The number of carbonyl (C=O) groups excluding carboxylic acids is 1. The van der Waals surface area contributed by atoms with Crippen LogP contribution >= 0.6 is 0 Å². The number of aliphatic hydroxyl groups is 8. The quantitative estimate of drug-likeness (QED) is 0.150. The summed E-state index contributed by atoms with van der Waals surface area (Å²) in [6.45, 7) is 1.90. The van der Waals surface area contributed by atoms with Crippen molar-refractivity contribution < 1.29 is 70.1 Å². The third kappa shape index (κ3) is 5.68. The van der Waals surface area contributed by atoms with Crippen molar-refractivity contribution in [3.05, 3.63) is 17.2 Å². The number of Topliss-reactive ketones (excluding diaryl/α,β-unsaturated/α-hetero) is 1. The van der Waals surface area contributed by atoms with Crippen molar-refractivity contribution in [1.82, 2.24) is 0 Å². The van der Waals surface area contributed by atoms with Crippen molar-refractivity contribution in [2.75, 3.05) is 13.2 Å². The van der Waals surface area contributed by atoms with E-state index in [1.807, 2.05) is 0 Å². The molecular weight excluding hydrogens is 500 g/mol. The van der Waals surface area contributed by atoms with Crippen molar-refractivity contribution in [2.45, 2.75) is 81.5 Å². The zero-order valence-electron chi connectivity index (χ0n) is 20.2. The second-order valence-electron chi connectivity index (χ2n) is 9.62. The summed E-state index contributed by atoms with van der Waals surface area (Å²) in [6, 6.07) is 0.853. The molecule has 10 N–H and O–H groups in total. The van der Waals surface area contributed by atoms with Crippen LogP contribution in [0.2, 0.25) is 0 Å². The Kier molecular flexibility index (Phi) is 9.34. The van der Waals surface area contributed by atoms with Gasteiger partial charge in [-0.15, -0.1) is 0 Å². The van der Waals surface area contributed by atoms with Crippen LogP contribution in [0.4, 0.5) is 0 Å². The Hall–Kier alpha value is -2.11. The van der Waals surface area contributed by atoms with Gasteiger partial charge in [0.1, 0.15) is 77.7 Å². The molecule has 0 spiro atoms. The van der Waals surface area contributed by atoms with Crippen LogP contribution in [-0.4, -0.2) is 125 Å². The van der Waals surface area contributed by atoms with Gasteiger partial charge in [-0.1, -0.05) is 13.8 Å². The minimum Gasteiger partial charge on any atom is -0.507 e. The van der Waals surface area contributed by atoms with Crippen molar-refractivity contribution >= 4 is 5.78 Å². The van der Waals surface area contributed by atoms with Gasteiger partial charge in [-0.25, -0.2) is 0 Å². The lowest BCUT2D eigenvalue weighted by Gasteiger charge is -2.41. The Morgan fingerprint density at radius 3 is 1.95 bits per heavy atom. The summed E-state index contributed by atoms with van der Waals surface area (Å²) in [5.41, 5.74) is -1.06. The number of benzene rings is 1. The predicted octanol–water partition coefficient (Wildman–Crippen LogP) is -2.98. The maximum Gasteiger partial charge on any atom is 0.229 e. The molecule has 0 unspecified atom stereocenters. The average Bonchev–Trinajstić information content (AvgIpc) is 2.83. The molecular formula is C23H34O14. The van der Waals surface area contributed by atoms with Gasteiger partial charge in [0, 0.05) is 12.5 Å². The molecule has 14 nitrogen and oxygen atoms in total. The highest BCUT2D eigenvalue weighted by Gasteiger charge is 2.48. The first-order valence-corrected chi connectivity index (χ1v) is 11.7. The summed E-state index contributed by atoms with van der Waals surface area (Å²) in [7, 11) is 0. The molecule has 0 amide bonds. The normalized spacial score (nSPS) is 36.5. The fourth-order valence-corrected chi connectivity index (χ4v) is 4.39. The van der Waals surface area contributed by atoms with Crippen LogP contribution in [-0.2, 0) is 9.47 Å². The van der Waals surface area contributed by atoms with Crippen LogP contribution in [0.15, 0.2) is 6.07 Å². The zero-order valence-corrected chi connectivity index (χ0v) is 20.2. The topological polar surface area (TPSA) is 247 Å². The minimum atomic E-state index is -1.89. The molecule has 2 fully saturated rings. The molecule has 3 rings (SSSR count). The molecule has 0 radical (unpaired) electrons. The summed E-state index contributed by atoms with van der Waals surface area (Å²) < 4.78 is 16.2. The average molecular weight is 535 g/mol. The van der Waals surface area contributed by atoms with Gasteiger partial charge in [0.25, 0.3) is 0 Å². The fourth-order valence-electron chi connectivity index (χ4n) is 4.39. The van der Waals surface area contributed by atoms with Gasteiger partial charge < -0.3 is 65.3 Å². The minimum absolute atomic E-state index is 0.127. The Labute approximate surface area is 211 Å². The maximum atomic E-state index is 13.1. The number of hydrogen-bond acceptors (Lipinski definition) is 14. The molecule has 210 valence electrons. The molecule has 1 aromatic rings. The lowest BCUT2D eigenvalue weighted by atomic mass is 9.88. The van der Waals surface area contributed by atoms with Crippen LogP contribution in [0.3, 0.4) is 0 Å². The third-order valence-corrected chi connectivity index (χ3v) is 6.42. The molecule has 1 aromatic carbocycles. The number of phenols is 2. The summed E-state index contributed by atoms with van der Waals surface area (Å²) >= 11 is 0. The van der Waals surface area contributed by atoms with Crippen LogP contribution in [0.1, 0.15) is 42.3 Å². The highest BCUT2D eigenvalue weighted by Crippen LogP contribution is 2.47. The SMILES string of the molecule is CC(C)CC(=O)c1c(O[C@@H]2O[C@H](CO)[C@@H](O)[C@H](O)[C@H]2O)cc(O)c([C@@H]2O[C@H](CO)[C@@H](O)[C@H](O)[C@H]2O)c1O. The highest BCUT2D eigenvalue weighted by atomic mass is 16.7. The second kappa shape index (κ2) is 11.7. The van der Waals surface area contributed by atoms with E-state index in [1.54, 1.807) is 13.8 Å². The number of aliphatic hydroxyl groups excluding tert-OH is 8. The molecule has 2 aliphatic rings. The summed E-state index contributed by atoms with van der Waals surface area (Å²) in [6.07, 6.45) is -17.1. The summed E-state index contributed by atoms with van der Waals surface area (Å²) in [4.78, 5) is 13.1. The maximum absolute atomic E-state index is 13.1. The molecule has 14 heteroatoms. The van der Waals surface area contributed by atoms with E-state index in [0.717, 1.165) is 6.07 Å². The van der Waals surface area contributed by atoms with E-state index >= 15 is 0 Å². The van der Waals surface area contributed by atoms with E-state index in [4.69, 9.17) is 14.2 Å². The van der Waals surface area contributed by atoms with E-state index in [0.29, 0.717) is 0 Å². The molecule has 0 aliphatic carbocycles. The van der Waals surface area contributed by atoms with E-state index in [9.17, 15) is 55.9 Å². The number of hydrogen-bond donors (Lipinski definition) is 10. The molecule has 2 aliphatic heterocycles. The zero-order chi connectivity index (χ0) is 27.8. The monoisotopic (exact) mass is 534 g/mol. The molecule has 0 saturated carbocycles. The Morgan fingerprint density at radius 1 is 0.865 bits per heavy atom. The van der Waals surface area contributed by atoms with Gasteiger partial charge in [0.05, 0.1) is 18.8 Å². The number of ether oxygens (including phenoxy) is 3. The van der Waals surface area contributed by atoms with E-state index in [-0.39, 0.29) is 12.3 Å². The summed E-state index contributed by atoms with van der Waals surface area (Å²) in [5, 5.41) is 102. The van der Waals surface area contributed by atoms with Gasteiger partial charge in [-0.05, 0) is 5.92 Å². The first kappa shape index (κ1) is 29.4. The Bertz CT molecular complexity index is 950. The smallest absolute Gasteiger partial charge is 0.229 e. The molecule has 2 saturated heterocycles. The van der Waals surface area contributed by atoms with Gasteiger partial charge in [0.2, 0.25) is 6.29 Å². The lowest BCUT2D eigenvalue weighted by Crippen LogP contribution is -2.60. The fraction of sp³-hybridized carbons (Fsp3) is 0.696. The number of aromatic hydroxyl groups is 2. The van der Waals surface area contributed by atoms with E-state index in [2.05, 4.69) is 0 Å². The number of phenolic OH excluding ortho intramolecular Hbond substituents is 2. The Morgan fingerprint density at radius 2 is 1.41 bits per heavy atom. The van der Waals surface area contributed by atoms with Crippen molar-refractivity contribution in [2.24, 2.45) is 5.92 Å². The first-order chi connectivity index (χ1) is 17.3. The van der Waals surface area contributed by atoms with Crippen LogP contribution in [0.25, 0.3) is 0 Å². The number of rotatable bonds is 8. The van der Waals surface area contributed by atoms with Crippen molar-refractivity contribution in [3.8, 4) is 17.2 Å². The van der Waals surface area contributed by atoms with Crippen molar-refractivity contribution in [1.29, 1.82) is 0 Å². The molecule has 37 heavy (non-hydrogen) atoms. The number of carbonyl (C=O) groups is 1. The largest absolute Gasteiger partial charge is 0.507 e.